The molecule has 1 heterocycles. The number of phenols is 1. The van der Waals surface area contributed by atoms with Crippen LogP contribution < -0.4 is 5.11 Å². The molecule has 2 aromatic carbocycles. The highest BCUT2D eigenvalue weighted by atomic mass is 19.3. The molecule has 0 aliphatic heterocycles. The van der Waals surface area contributed by atoms with Gasteiger partial charge in [0, 0.05) is 29.5 Å². The van der Waals surface area contributed by atoms with Crippen molar-refractivity contribution >= 4 is 5.97 Å². The average Bonchev–Trinajstić information content (AvgIpc) is 2.66. The zero-order chi connectivity index (χ0) is 19.4. The Morgan fingerprint density at radius 2 is 1.85 bits per heavy atom. The molecule has 1 aromatic heterocycles. The Balaban J connectivity index is 2.08. The molecule has 0 spiro atoms. The molecular formula is C21H16F2NO3-. The lowest BCUT2D eigenvalue weighted by Crippen LogP contribution is -2.22. The molecule has 138 valence electrons. The van der Waals surface area contributed by atoms with E-state index in [-0.39, 0.29) is 24.2 Å². The van der Waals surface area contributed by atoms with Crippen LogP contribution >= 0.6 is 0 Å². The summed E-state index contributed by atoms with van der Waals surface area (Å²) in [7, 11) is 0. The third kappa shape index (κ3) is 4.28. The van der Waals surface area contributed by atoms with Gasteiger partial charge >= 0.3 is 0 Å². The van der Waals surface area contributed by atoms with Crippen LogP contribution in [0.25, 0.3) is 22.3 Å². The number of carboxylic acids is 1. The number of aliphatic carboxylic acids is 1. The summed E-state index contributed by atoms with van der Waals surface area (Å²) in [5.41, 5.74) is 2.49. The summed E-state index contributed by atoms with van der Waals surface area (Å²) in [6.45, 7) is 0. The molecule has 4 nitrogen and oxygen atoms in total. The van der Waals surface area contributed by atoms with Crippen molar-refractivity contribution in [2.24, 2.45) is 0 Å². The molecule has 0 atom stereocenters. The lowest BCUT2D eigenvalue weighted by atomic mass is 9.92. The SMILES string of the molecule is O=C([O-])CCc1cc(O)ccc1-c1ccc(-c2cccnc2)c(C(F)F)c1. The minimum absolute atomic E-state index is 0.0202. The van der Waals surface area contributed by atoms with Gasteiger partial charge in [-0.1, -0.05) is 24.3 Å². The molecule has 3 rings (SSSR count). The summed E-state index contributed by atoms with van der Waals surface area (Å²) in [6.07, 6.45) is 0.294. The highest BCUT2D eigenvalue weighted by Crippen LogP contribution is 2.36. The zero-order valence-corrected chi connectivity index (χ0v) is 14.2. The van der Waals surface area contributed by atoms with E-state index < -0.39 is 12.4 Å². The summed E-state index contributed by atoms with van der Waals surface area (Å²) in [5, 5.41) is 20.5. The maximum atomic E-state index is 13.7. The summed E-state index contributed by atoms with van der Waals surface area (Å²) >= 11 is 0. The number of halogens is 2. The lowest BCUT2D eigenvalue weighted by Gasteiger charge is -2.15. The second-order valence-corrected chi connectivity index (χ2v) is 6.06. The fourth-order valence-corrected chi connectivity index (χ4v) is 3.00. The first kappa shape index (κ1) is 18.5. The zero-order valence-electron chi connectivity index (χ0n) is 14.2. The van der Waals surface area contributed by atoms with Gasteiger partial charge in [-0.25, -0.2) is 8.78 Å². The minimum Gasteiger partial charge on any atom is -0.550 e. The van der Waals surface area contributed by atoms with Gasteiger partial charge in [0.15, 0.2) is 0 Å². The van der Waals surface area contributed by atoms with Gasteiger partial charge in [-0.05, 0) is 59.4 Å². The van der Waals surface area contributed by atoms with Crippen molar-refractivity contribution in [3.8, 4) is 28.0 Å². The first-order chi connectivity index (χ1) is 13.0. The number of pyridine rings is 1. The molecule has 6 heteroatoms. The van der Waals surface area contributed by atoms with E-state index in [2.05, 4.69) is 4.98 Å². The van der Waals surface area contributed by atoms with Crippen molar-refractivity contribution in [3.63, 3.8) is 0 Å². The van der Waals surface area contributed by atoms with E-state index in [1.54, 1.807) is 36.5 Å². The Labute approximate surface area is 154 Å². The molecule has 0 saturated carbocycles. The fourth-order valence-electron chi connectivity index (χ4n) is 3.00. The van der Waals surface area contributed by atoms with Crippen molar-refractivity contribution in [3.05, 3.63) is 72.1 Å². The number of carboxylic acid groups (broad SMARTS) is 1. The van der Waals surface area contributed by atoms with Gasteiger partial charge < -0.3 is 15.0 Å². The van der Waals surface area contributed by atoms with Crippen LogP contribution in [-0.2, 0) is 11.2 Å². The predicted octanol–water partition coefficient (Wildman–Crippen LogP) is 3.74. The predicted molar refractivity (Wildman–Crippen MR) is 95.1 cm³/mol. The molecule has 0 amide bonds. The van der Waals surface area contributed by atoms with Crippen LogP contribution in [-0.4, -0.2) is 16.1 Å². The van der Waals surface area contributed by atoms with Crippen LogP contribution in [0.5, 0.6) is 5.75 Å². The van der Waals surface area contributed by atoms with E-state index in [4.69, 9.17) is 0 Å². The molecule has 0 saturated heterocycles. The van der Waals surface area contributed by atoms with E-state index in [1.807, 2.05) is 0 Å². The Morgan fingerprint density at radius 1 is 1.07 bits per heavy atom. The summed E-state index contributed by atoms with van der Waals surface area (Å²) in [4.78, 5) is 14.7. The summed E-state index contributed by atoms with van der Waals surface area (Å²) < 4.78 is 27.4. The number of alkyl halides is 2. The van der Waals surface area contributed by atoms with Gasteiger partial charge in [0.1, 0.15) is 5.75 Å². The van der Waals surface area contributed by atoms with E-state index >= 15 is 0 Å². The Hall–Kier alpha value is -3.28. The third-order valence-corrected chi connectivity index (χ3v) is 4.26. The Bertz CT molecular complexity index is 959. The van der Waals surface area contributed by atoms with E-state index in [9.17, 15) is 23.8 Å². The number of carbonyl (C=O) groups is 1. The lowest BCUT2D eigenvalue weighted by molar-refractivity contribution is -0.305. The molecule has 1 N–H and O–H groups in total. The first-order valence-electron chi connectivity index (χ1n) is 8.30. The topological polar surface area (TPSA) is 73.2 Å². The normalized spacial score (nSPS) is 10.9. The summed E-state index contributed by atoms with van der Waals surface area (Å²) in [6, 6.07) is 12.5. The molecule has 0 aliphatic carbocycles. The molecule has 27 heavy (non-hydrogen) atoms. The van der Waals surface area contributed by atoms with Crippen LogP contribution in [0.4, 0.5) is 8.78 Å². The van der Waals surface area contributed by atoms with Crippen molar-refractivity contribution in [2.45, 2.75) is 19.3 Å². The smallest absolute Gasteiger partial charge is 0.264 e. The maximum Gasteiger partial charge on any atom is 0.264 e. The minimum atomic E-state index is -2.69. The first-order valence-corrected chi connectivity index (χ1v) is 8.30. The number of aromatic nitrogens is 1. The Kier molecular flexibility index (Phi) is 5.45. The number of aromatic hydroxyl groups is 1. The van der Waals surface area contributed by atoms with Crippen molar-refractivity contribution in [2.75, 3.05) is 0 Å². The van der Waals surface area contributed by atoms with Crippen molar-refractivity contribution < 1.29 is 23.8 Å². The monoisotopic (exact) mass is 368 g/mol. The van der Waals surface area contributed by atoms with Gasteiger partial charge in [-0.15, -0.1) is 0 Å². The highest BCUT2D eigenvalue weighted by Gasteiger charge is 2.17. The van der Waals surface area contributed by atoms with Crippen molar-refractivity contribution in [1.29, 1.82) is 0 Å². The van der Waals surface area contributed by atoms with Crippen LogP contribution in [0.2, 0.25) is 0 Å². The largest absolute Gasteiger partial charge is 0.550 e. The Morgan fingerprint density at radius 3 is 2.52 bits per heavy atom. The fraction of sp³-hybridized carbons (Fsp3) is 0.143. The number of hydrogen-bond donors (Lipinski definition) is 1. The second-order valence-electron chi connectivity index (χ2n) is 6.06. The molecule has 3 aromatic rings. The van der Waals surface area contributed by atoms with Crippen LogP contribution in [0.15, 0.2) is 60.9 Å². The number of hydrogen-bond acceptors (Lipinski definition) is 4. The third-order valence-electron chi connectivity index (χ3n) is 4.26. The van der Waals surface area contributed by atoms with Gasteiger partial charge in [0.2, 0.25) is 0 Å². The molecule has 0 aliphatic rings. The van der Waals surface area contributed by atoms with Crippen LogP contribution in [0.1, 0.15) is 24.0 Å². The average molecular weight is 368 g/mol. The van der Waals surface area contributed by atoms with E-state index in [0.717, 1.165) is 0 Å². The number of phenolic OH excluding ortho intramolecular Hbond substituents is 1. The van der Waals surface area contributed by atoms with Gasteiger partial charge in [0.05, 0.1) is 0 Å². The van der Waals surface area contributed by atoms with Crippen LogP contribution in [0.3, 0.4) is 0 Å². The number of aryl methyl sites for hydroxylation is 1. The molecule has 0 unspecified atom stereocenters. The number of benzene rings is 2. The maximum absolute atomic E-state index is 13.7. The van der Waals surface area contributed by atoms with Gasteiger partial charge in [-0.2, -0.15) is 0 Å². The van der Waals surface area contributed by atoms with Crippen LogP contribution in [0, 0.1) is 0 Å². The molecule has 0 radical (unpaired) electrons. The second kappa shape index (κ2) is 7.95. The number of rotatable bonds is 6. The summed E-state index contributed by atoms with van der Waals surface area (Å²) in [5.74, 6) is -1.24. The standard InChI is InChI=1S/C21H17F2NO3/c22-21(23)19-11-14(3-6-18(19)15-2-1-9-24-12-15)17-7-5-16(25)10-13(17)4-8-20(26)27/h1-3,5-7,9-12,21,25H,4,8H2,(H,26,27)/p-1. The van der Waals surface area contributed by atoms with Gasteiger partial charge in [0.25, 0.3) is 6.43 Å². The van der Waals surface area contributed by atoms with E-state index in [1.165, 1.54) is 24.4 Å². The van der Waals surface area contributed by atoms with E-state index in [0.29, 0.717) is 27.8 Å². The molecular weight excluding hydrogens is 352 g/mol. The molecule has 0 fully saturated rings. The number of carbonyl (C=O) groups excluding carboxylic acids is 1. The molecule has 0 bridgehead atoms. The highest BCUT2D eigenvalue weighted by molar-refractivity contribution is 5.76. The quantitative estimate of drug-likeness (QED) is 0.719. The van der Waals surface area contributed by atoms with Crippen molar-refractivity contribution in [1.82, 2.24) is 4.98 Å². The van der Waals surface area contributed by atoms with Gasteiger partial charge in [-0.3, -0.25) is 4.98 Å². The number of nitrogens with zero attached hydrogens (tertiary/aromatic N) is 1.